The zero-order valence-electron chi connectivity index (χ0n) is 19.3. The number of aromatic nitrogens is 3. The Morgan fingerprint density at radius 1 is 1.22 bits per heavy atom. The van der Waals surface area contributed by atoms with E-state index in [0.29, 0.717) is 43.9 Å². The zero-order chi connectivity index (χ0) is 25.6. The quantitative estimate of drug-likeness (QED) is 0.347. The number of hydrogen-bond acceptors (Lipinski definition) is 8. The molecule has 1 aliphatic heterocycles. The zero-order valence-corrected chi connectivity index (χ0v) is 19.3. The Kier molecular flexibility index (Phi) is 6.18. The summed E-state index contributed by atoms with van der Waals surface area (Å²) in [5.74, 6) is -2.11. The number of anilines is 1. The maximum atomic E-state index is 15.1. The number of nitro groups is 1. The van der Waals surface area contributed by atoms with Gasteiger partial charge in [-0.15, -0.1) is 0 Å². The maximum Gasteiger partial charge on any atom is 0.342 e. The van der Waals surface area contributed by atoms with Crippen molar-refractivity contribution in [3.05, 3.63) is 62.6 Å². The average Bonchev–Trinajstić information content (AvgIpc) is 3.57. The second-order valence-electron chi connectivity index (χ2n) is 9.24. The predicted octanol–water partition coefficient (Wildman–Crippen LogP) is 1.46. The molecule has 1 saturated heterocycles. The lowest BCUT2D eigenvalue weighted by atomic mass is 10.1. The van der Waals surface area contributed by atoms with Crippen LogP contribution in [0.5, 0.6) is 0 Å². The molecule has 1 unspecified atom stereocenters. The molecule has 12 nitrogen and oxygen atoms in total. The molecule has 190 valence electrons. The van der Waals surface area contributed by atoms with Crippen molar-refractivity contribution >= 4 is 28.4 Å². The van der Waals surface area contributed by atoms with E-state index in [1.165, 1.54) is 17.1 Å². The average molecular weight is 500 g/mol. The van der Waals surface area contributed by atoms with Crippen molar-refractivity contribution in [2.45, 2.75) is 31.5 Å². The Morgan fingerprint density at radius 2 is 1.94 bits per heavy atom. The summed E-state index contributed by atoms with van der Waals surface area (Å²) in [5, 5.41) is 30.9. The Balaban J connectivity index is 1.30. The molecule has 0 bridgehead atoms. The van der Waals surface area contributed by atoms with Gasteiger partial charge in [0.05, 0.1) is 11.2 Å². The lowest BCUT2D eigenvalue weighted by Gasteiger charge is -2.37. The molecular formula is C23H25FN6O6. The Bertz CT molecular complexity index is 1390. The highest BCUT2D eigenvalue weighted by atomic mass is 19.1. The van der Waals surface area contributed by atoms with Crippen LogP contribution in [0.2, 0.25) is 0 Å². The summed E-state index contributed by atoms with van der Waals surface area (Å²) in [6.07, 6.45) is 4.69. The Morgan fingerprint density at radius 3 is 2.58 bits per heavy atom. The van der Waals surface area contributed by atoms with Gasteiger partial charge in [0.15, 0.2) is 6.33 Å². The number of carboxylic acid groups (broad SMARTS) is 1. The largest absolute Gasteiger partial charge is 0.477 e. The normalized spacial score (nSPS) is 17.4. The van der Waals surface area contributed by atoms with E-state index >= 15 is 4.39 Å². The van der Waals surface area contributed by atoms with Gasteiger partial charge >= 0.3 is 11.8 Å². The summed E-state index contributed by atoms with van der Waals surface area (Å²) in [6.45, 7) is 2.35. The van der Waals surface area contributed by atoms with Crippen LogP contribution in [-0.2, 0) is 6.54 Å². The van der Waals surface area contributed by atoms with Crippen LogP contribution in [0.3, 0.4) is 0 Å². The van der Waals surface area contributed by atoms with Crippen LogP contribution in [0.1, 0.15) is 29.2 Å². The molecule has 3 aromatic rings. The van der Waals surface area contributed by atoms with Crippen molar-refractivity contribution in [2.75, 3.05) is 37.6 Å². The fourth-order valence-corrected chi connectivity index (χ4v) is 4.77. The van der Waals surface area contributed by atoms with Crippen molar-refractivity contribution in [3.8, 4) is 0 Å². The van der Waals surface area contributed by atoms with Gasteiger partial charge in [0.2, 0.25) is 5.43 Å². The molecule has 3 heterocycles. The lowest BCUT2D eigenvalue weighted by Crippen LogP contribution is -2.49. The molecule has 1 atom stereocenters. The highest BCUT2D eigenvalue weighted by Gasteiger charge is 2.29. The van der Waals surface area contributed by atoms with Gasteiger partial charge in [-0.05, 0) is 29.9 Å². The summed E-state index contributed by atoms with van der Waals surface area (Å²) in [6, 6.07) is 2.85. The molecule has 2 N–H and O–H groups in total. The van der Waals surface area contributed by atoms with E-state index in [0.717, 1.165) is 25.1 Å². The molecule has 0 radical (unpaired) electrons. The van der Waals surface area contributed by atoms with Gasteiger partial charge in [-0.3, -0.25) is 9.69 Å². The van der Waals surface area contributed by atoms with E-state index in [-0.39, 0.29) is 29.4 Å². The summed E-state index contributed by atoms with van der Waals surface area (Å²) in [5.41, 5.74) is -0.205. The minimum atomic E-state index is -1.33. The molecule has 1 aromatic carbocycles. The summed E-state index contributed by atoms with van der Waals surface area (Å²) in [4.78, 5) is 42.3. The molecule has 2 aromatic heterocycles. The highest BCUT2D eigenvalue weighted by Crippen LogP contribution is 2.38. The van der Waals surface area contributed by atoms with Gasteiger partial charge in [-0.2, -0.15) is 0 Å². The van der Waals surface area contributed by atoms with E-state index in [4.69, 9.17) is 0 Å². The number of nitrogens with zero attached hydrogens (tertiary/aromatic N) is 6. The van der Waals surface area contributed by atoms with Gasteiger partial charge in [-0.1, -0.05) is 0 Å². The van der Waals surface area contributed by atoms with Crippen molar-refractivity contribution in [1.29, 1.82) is 0 Å². The second-order valence-corrected chi connectivity index (χ2v) is 9.24. The number of imidazole rings is 1. The van der Waals surface area contributed by atoms with Crippen LogP contribution in [0.25, 0.3) is 10.9 Å². The minimum absolute atomic E-state index is 0.0346. The van der Waals surface area contributed by atoms with Gasteiger partial charge in [0.25, 0.3) is 0 Å². The third kappa shape index (κ3) is 4.54. The highest BCUT2D eigenvalue weighted by molar-refractivity contribution is 5.93. The van der Waals surface area contributed by atoms with Crippen LogP contribution >= 0.6 is 0 Å². The number of rotatable bonds is 8. The number of piperazine rings is 1. The monoisotopic (exact) mass is 500 g/mol. The predicted molar refractivity (Wildman–Crippen MR) is 127 cm³/mol. The fraction of sp³-hybridized carbons (Fsp3) is 0.435. The smallest absolute Gasteiger partial charge is 0.342 e. The topological polar surface area (TPSA) is 147 Å². The first-order valence-electron chi connectivity index (χ1n) is 11.6. The number of β-amino-alcohol motifs (C(OH)–C–C–N with tert-alkyl or cyclic N) is 1. The van der Waals surface area contributed by atoms with Gasteiger partial charge in [0, 0.05) is 50.3 Å². The second kappa shape index (κ2) is 9.32. The molecule has 1 saturated carbocycles. The van der Waals surface area contributed by atoms with Crippen LogP contribution in [0, 0.1) is 15.9 Å². The Labute approximate surface area is 203 Å². The van der Waals surface area contributed by atoms with E-state index < -0.39 is 28.2 Å². The first-order valence-corrected chi connectivity index (χ1v) is 11.6. The number of fused-ring (bicyclic) bond motifs is 1. The molecule has 0 amide bonds. The first kappa shape index (κ1) is 23.9. The number of aliphatic hydroxyl groups excluding tert-OH is 1. The van der Waals surface area contributed by atoms with Gasteiger partial charge in [-0.25, -0.2) is 18.7 Å². The van der Waals surface area contributed by atoms with Crippen molar-refractivity contribution in [2.24, 2.45) is 0 Å². The molecule has 0 spiro atoms. The summed E-state index contributed by atoms with van der Waals surface area (Å²) >= 11 is 0. The first-order chi connectivity index (χ1) is 17.2. The number of aliphatic hydroxyl groups is 1. The third-order valence-electron chi connectivity index (χ3n) is 6.74. The van der Waals surface area contributed by atoms with Crippen LogP contribution in [-0.4, -0.2) is 79.0 Å². The lowest BCUT2D eigenvalue weighted by molar-refractivity contribution is -0.392. The molecule has 13 heteroatoms. The van der Waals surface area contributed by atoms with Crippen LogP contribution in [0.4, 0.5) is 15.9 Å². The number of pyridine rings is 1. The van der Waals surface area contributed by atoms with Crippen molar-refractivity contribution in [3.63, 3.8) is 0 Å². The molecule has 36 heavy (non-hydrogen) atoms. The van der Waals surface area contributed by atoms with Gasteiger partial charge < -0.3 is 29.8 Å². The molecule has 1 aliphatic carbocycles. The van der Waals surface area contributed by atoms with Gasteiger partial charge in [0.1, 0.15) is 30.2 Å². The molecule has 2 fully saturated rings. The van der Waals surface area contributed by atoms with E-state index in [2.05, 4.69) is 4.98 Å². The van der Waals surface area contributed by atoms with E-state index in [1.54, 1.807) is 10.6 Å². The molecule has 5 rings (SSSR count). The van der Waals surface area contributed by atoms with Crippen molar-refractivity contribution in [1.82, 2.24) is 19.0 Å². The summed E-state index contributed by atoms with van der Waals surface area (Å²) < 4.78 is 18.2. The van der Waals surface area contributed by atoms with Crippen LogP contribution in [0.15, 0.2) is 35.6 Å². The number of aromatic carboxylic acids is 1. The Hall–Kier alpha value is -3.84. The SMILES string of the molecule is O=C(O)c1cn(C2CC2)c2cc(N3CCN(CC(O)Cn4cncc4[N+](=O)[O-])CC3)c(F)cc2c1=O. The number of carbonyl (C=O) groups is 1. The van der Waals surface area contributed by atoms with E-state index in [9.17, 15) is 29.9 Å². The van der Waals surface area contributed by atoms with Crippen molar-refractivity contribution < 1.29 is 24.3 Å². The fourth-order valence-electron chi connectivity index (χ4n) is 4.77. The maximum absolute atomic E-state index is 15.1. The minimum Gasteiger partial charge on any atom is -0.477 e. The molecular weight excluding hydrogens is 475 g/mol. The summed E-state index contributed by atoms with van der Waals surface area (Å²) in [7, 11) is 0. The number of halogens is 1. The standard InChI is InChI=1S/C23H25FN6O6/c24-18-7-16-19(29(14-1-2-14)12-17(22(16)32)23(33)34)8-20(18)27-5-3-26(4-6-27)10-15(31)11-28-13-25-9-21(28)30(35)36/h7-9,12-15,31H,1-6,10-11H2,(H,33,34). The van der Waals surface area contributed by atoms with Crippen LogP contribution < -0.4 is 10.3 Å². The van der Waals surface area contributed by atoms with E-state index in [1.807, 2.05) is 9.80 Å². The number of hydrogen-bond donors (Lipinski definition) is 2. The third-order valence-corrected chi connectivity index (χ3v) is 6.74. The number of carboxylic acids is 1. The number of benzene rings is 1. The molecule has 2 aliphatic rings.